The molecule has 0 aliphatic heterocycles. The first-order valence-electron chi connectivity index (χ1n) is 9.07. The lowest BCUT2D eigenvalue weighted by molar-refractivity contribution is -0.139. The topological polar surface area (TPSA) is 26.3 Å². The van der Waals surface area contributed by atoms with Crippen molar-refractivity contribution in [2.24, 2.45) is 0 Å². The summed E-state index contributed by atoms with van der Waals surface area (Å²) in [7, 11) is -1.84. The molecule has 0 aliphatic carbocycles. The number of ether oxygens (including phenoxy) is 1. The van der Waals surface area contributed by atoms with Gasteiger partial charge in [-0.15, -0.1) is 0 Å². The fraction of sp³-hybridized carbons (Fsp3) is 0.125. The van der Waals surface area contributed by atoms with Crippen LogP contribution in [0.25, 0.3) is 0 Å². The molecule has 3 heteroatoms. The molecule has 0 N–H and O–H groups in total. The molecule has 0 radical (unpaired) electrons. The van der Waals surface area contributed by atoms with Gasteiger partial charge in [-0.25, -0.2) is 0 Å². The number of allylic oxidation sites excluding steroid dienone is 1. The largest absolute Gasteiger partial charge is 0.462 e. The predicted octanol–water partition coefficient (Wildman–Crippen LogP) is 4.10. The van der Waals surface area contributed by atoms with Crippen molar-refractivity contribution in [2.75, 3.05) is 12.8 Å². The summed E-state index contributed by atoms with van der Waals surface area (Å²) in [5.41, 5.74) is 0. The number of hydrogen-bond acceptors (Lipinski definition) is 2. The highest BCUT2D eigenvalue weighted by Gasteiger charge is 2.43. The minimum atomic E-state index is -1.84. The zero-order valence-electron chi connectivity index (χ0n) is 15.5. The van der Waals surface area contributed by atoms with Crippen LogP contribution in [0.2, 0.25) is 0 Å². The zero-order valence-corrected chi connectivity index (χ0v) is 16.4. The van der Waals surface area contributed by atoms with Crippen LogP contribution >= 0.6 is 7.26 Å². The lowest BCUT2D eigenvalue weighted by Crippen LogP contribution is -2.32. The summed E-state index contributed by atoms with van der Waals surface area (Å²) in [5.74, 6) is -0.255. The third-order valence-electron chi connectivity index (χ3n) is 4.52. The zero-order chi connectivity index (χ0) is 19.0. The predicted molar refractivity (Wildman–Crippen MR) is 116 cm³/mol. The van der Waals surface area contributed by atoms with E-state index in [1.54, 1.807) is 0 Å². The van der Waals surface area contributed by atoms with Gasteiger partial charge in [-0.1, -0.05) is 54.6 Å². The molecular formula is C24H24O2P+. The maximum atomic E-state index is 11.0. The summed E-state index contributed by atoms with van der Waals surface area (Å²) in [6, 6.07) is 32.2. The second-order valence-electron chi connectivity index (χ2n) is 6.27. The number of benzene rings is 3. The molecule has 0 saturated carbocycles. The Kier molecular flexibility index (Phi) is 6.57. The minimum absolute atomic E-state index is 0.255. The molecule has 0 fully saturated rings. The average Bonchev–Trinajstić information content (AvgIpc) is 2.73. The van der Waals surface area contributed by atoms with Gasteiger partial charge in [0, 0.05) is 6.92 Å². The van der Waals surface area contributed by atoms with Crippen LogP contribution in [0.15, 0.2) is 103 Å². The Labute approximate surface area is 161 Å². The van der Waals surface area contributed by atoms with Crippen LogP contribution in [-0.4, -0.2) is 18.7 Å². The normalized spacial score (nSPS) is 11.4. The smallest absolute Gasteiger partial charge is 0.302 e. The summed E-state index contributed by atoms with van der Waals surface area (Å²) >= 11 is 0. The van der Waals surface area contributed by atoms with Crippen LogP contribution in [0.1, 0.15) is 6.92 Å². The van der Waals surface area contributed by atoms with E-state index < -0.39 is 7.26 Å². The summed E-state index contributed by atoms with van der Waals surface area (Å²) in [4.78, 5) is 11.0. The summed E-state index contributed by atoms with van der Waals surface area (Å²) < 4.78 is 5.06. The van der Waals surface area contributed by atoms with E-state index in [-0.39, 0.29) is 5.97 Å². The molecule has 0 atom stereocenters. The first-order chi connectivity index (χ1) is 13.2. The van der Waals surface area contributed by atoms with E-state index >= 15 is 0 Å². The lowest BCUT2D eigenvalue weighted by Gasteiger charge is -2.26. The maximum absolute atomic E-state index is 11.0. The average molecular weight is 375 g/mol. The number of rotatable bonds is 7. The molecule has 3 aromatic rings. The molecule has 136 valence electrons. The SMILES string of the molecule is CC(=O)OC/C=C/C[P+](c1ccccc1)(c1ccccc1)c1ccccc1. The van der Waals surface area contributed by atoms with Gasteiger partial charge < -0.3 is 4.74 Å². The quantitative estimate of drug-likeness (QED) is 0.353. The van der Waals surface area contributed by atoms with E-state index in [0.717, 1.165) is 6.16 Å². The number of hydrogen-bond donors (Lipinski definition) is 0. The Morgan fingerprint density at radius 3 is 1.52 bits per heavy atom. The molecule has 0 saturated heterocycles. The molecule has 0 unspecified atom stereocenters. The van der Waals surface area contributed by atoms with E-state index in [0.29, 0.717) is 6.61 Å². The van der Waals surface area contributed by atoms with Crippen molar-refractivity contribution in [1.29, 1.82) is 0 Å². The van der Waals surface area contributed by atoms with Crippen molar-refractivity contribution in [3.05, 3.63) is 103 Å². The van der Waals surface area contributed by atoms with E-state index in [1.807, 2.05) is 6.08 Å². The van der Waals surface area contributed by atoms with Crippen LogP contribution in [0, 0.1) is 0 Å². The van der Waals surface area contributed by atoms with Gasteiger partial charge in [-0.05, 0) is 48.6 Å². The number of carbonyl (C=O) groups excluding carboxylic acids is 1. The molecule has 3 aromatic carbocycles. The van der Waals surface area contributed by atoms with Gasteiger partial charge in [0.15, 0.2) is 0 Å². The van der Waals surface area contributed by atoms with Gasteiger partial charge in [0.2, 0.25) is 0 Å². The first kappa shape index (κ1) is 19.1. The summed E-state index contributed by atoms with van der Waals surface area (Å²) in [6.45, 7) is 1.75. The Morgan fingerprint density at radius 1 is 0.741 bits per heavy atom. The van der Waals surface area contributed by atoms with Crippen molar-refractivity contribution in [3.63, 3.8) is 0 Å². The molecule has 0 amide bonds. The maximum Gasteiger partial charge on any atom is 0.302 e. The standard InChI is InChI=1S/C24H24O2P/c1-21(25)26-19-11-12-20-27(22-13-5-2-6-14-22,23-15-7-3-8-16-23)24-17-9-4-10-18-24/h2-18H,19-20H2,1H3/q+1/b12-11+. The van der Waals surface area contributed by atoms with Crippen LogP contribution in [-0.2, 0) is 9.53 Å². The molecule has 0 aromatic heterocycles. The molecule has 0 heterocycles. The van der Waals surface area contributed by atoms with Gasteiger partial charge in [0.05, 0.1) is 6.16 Å². The van der Waals surface area contributed by atoms with Crippen molar-refractivity contribution >= 4 is 29.1 Å². The number of carbonyl (C=O) groups is 1. The van der Waals surface area contributed by atoms with Crippen LogP contribution in [0.4, 0.5) is 0 Å². The first-order valence-corrected chi connectivity index (χ1v) is 11.0. The summed E-state index contributed by atoms with van der Waals surface area (Å²) in [6.07, 6.45) is 4.99. The molecule has 0 aliphatic rings. The lowest BCUT2D eigenvalue weighted by atomic mass is 10.4. The second-order valence-corrected chi connectivity index (χ2v) is 9.81. The third kappa shape index (κ3) is 4.53. The Morgan fingerprint density at radius 2 is 1.15 bits per heavy atom. The molecule has 3 rings (SSSR count). The molecule has 0 spiro atoms. The van der Waals surface area contributed by atoms with Crippen molar-refractivity contribution in [2.45, 2.75) is 6.92 Å². The highest BCUT2D eigenvalue weighted by molar-refractivity contribution is 7.95. The molecule has 0 bridgehead atoms. The Balaban J connectivity index is 2.10. The van der Waals surface area contributed by atoms with Crippen molar-refractivity contribution in [3.8, 4) is 0 Å². The summed E-state index contributed by atoms with van der Waals surface area (Å²) in [5, 5.41) is 4.04. The Bertz CT molecular complexity index is 777. The van der Waals surface area contributed by atoms with Gasteiger partial charge in [0.25, 0.3) is 0 Å². The fourth-order valence-electron chi connectivity index (χ4n) is 3.28. The highest BCUT2D eigenvalue weighted by atomic mass is 31.2. The second kappa shape index (κ2) is 9.30. The van der Waals surface area contributed by atoms with Crippen LogP contribution in [0.3, 0.4) is 0 Å². The fourth-order valence-corrected chi connectivity index (χ4v) is 7.31. The minimum Gasteiger partial charge on any atom is -0.462 e. The molecule has 2 nitrogen and oxygen atoms in total. The van der Waals surface area contributed by atoms with E-state index in [9.17, 15) is 4.79 Å². The number of esters is 1. The molecule has 27 heavy (non-hydrogen) atoms. The van der Waals surface area contributed by atoms with Gasteiger partial charge in [-0.3, -0.25) is 4.79 Å². The molecular weight excluding hydrogens is 351 g/mol. The van der Waals surface area contributed by atoms with Crippen molar-refractivity contribution < 1.29 is 9.53 Å². The van der Waals surface area contributed by atoms with Gasteiger partial charge in [-0.2, -0.15) is 0 Å². The van der Waals surface area contributed by atoms with Crippen LogP contribution in [0.5, 0.6) is 0 Å². The Hall–Kier alpha value is -2.70. The van der Waals surface area contributed by atoms with E-state index in [2.05, 4.69) is 97.1 Å². The van der Waals surface area contributed by atoms with Gasteiger partial charge >= 0.3 is 5.97 Å². The van der Waals surface area contributed by atoms with E-state index in [1.165, 1.54) is 22.8 Å². The van der Waals surface area contributed by atoms with E-state index in [4.69, 9.17) is 4.74 Å². The van der Waals surface area contributed by atoms with Crippen molar-refractivity contribution in [1.82, 2.24) is 0 Å². The highest BCUT2D eigenvalue weighted by Crippen LogP contribution is 2.55. The monoisotopic (exact) mass is 375 g/mol. The van der Waals surface area contributed by atoms with Gasteiger partial charge in [0.1, 0.15) is 29.8 Å². The third-order valence-corrected chi connectivity index (χ3v) is 8.82. The van der Waals surface area contributed by atoms with Crippen LogP contribution < -0.4 is 15.9 Å².